The first kappa shape index (κ1) is 17.3. The van der Waals surface area contributed by atoms with E-state index < -0.39 is 11.6 Å². The second kappa shape index (κ2) is 7.46. The van der Waals surface area contributed by atoms with Gasteiger partial charge in [-0.3, -0.25) is 4.79 Å². The number of carboxylic acids is 1. The molecule has 0 spiro atoms. The van der Waals surface area contributed by atoms with Crippen LogP contribution in [0.3, 0.4) is 0 Å². The number of piperidine rings is 1. The Labute approximate surface area is 135 Å². The Kier molecular flexibility index (Phi) is 5.60. The number of carboxylic acid groups (broad SMARTS) is 1. The van der Waals surface area contributed by atoms with Gasteiger partial charge >= 0.3 is 5.97 Å². The minimum Gasteiger partial charge on any atom is -0.494 e. The molecule has 0 radical (unpaired) electrons. The van der Waals surface area contributed by atoms with Crippen molar-refractivity contribution >= 4 is 11.9 Å². The van der Waals surface area contributed by atoms with E-state index in [0.717, 1.165) is 11.3 Å². The molecule has 1 aliphatic rings. The van der Waals surface area contributed by atoms with E-state index in [0.29, 0.717) is 19.4 Å². The lowest BCUT2D eigenvalue weighted by molar-refractivity contribution is -0.165. The number of ether oxygens (including phenoxy) is 1. The van der Waals surface area contributed by atoms with Gasteiger partial charge in [-0.05, 0) is 31.0 Å². The molecule has 1 aromatic carbocycles. The summed E-state index contributed by atoms with van der Waals surface area (Å²) in [5, 5.41) is 18.8. The molecule has 0 aromatic heterocycles. The summed E-state index contributed by atoms with van der Waals surface area (Å²) in [7, 11) is 0. The van der Waals surface area contributed by atoms with Crippen molar-refractivity contribution in [1.82, 2.24) is 4.90 Å². The van der Waals surface area contributed by atoms with Crippen LogP contribution in [0.15, 0.2) is 24.3 Å². The molecule has 1 aliphatic heterocycles. The smallest absolute Gasteiger partial charge is 0.335 e. The van der Waals surface area contributed by atoms with Gasteiger partial charge in [0.1, 0.15) is 5.75 Å². The molecule has 0 atom stereocenters. The molecule has 0 aliphatic carbocycles. The van der Waals surface area contributed by atoms with E-state index in [1.807, 2.05) is 31.2 Å². The predicted molar refractivity (Wildman–Crippen MR) is 84.3 cm³/mol. The molecule has 2 N–H and O–H groups in total. The molecular formula is C17H23NO5. The third kappa shape index (κ3) is 4.69. The third-order valence-electron chi connectivity index (χ3n) is 4.13. The number of aliphatic carboxylic acids is 1. The number of likely N-dealkylation sites (tertiary alicyclic amines) is 1. The maximum Gasteiger partial charge on any atom is 0.335 e. The number of hydrogen-bond donors (Lipinski definition) is 2. The standard InChI is InChI=1S/C17H23NO5/c1-13-4-2-5-14(12-13)23-11-3-6-15(19)18-9-7-17(22,8-10-18)16(20)21/h2,4-5,12,22H,3,6-11H2,1H3,(H,20,21). The van der Waals surface area contributed by atoms with Crippen LogP contribution in [0.1, 0.15) is 31.2 Å². The highest BCUT2D eigenvalue weighted by Crippen LogP contribution is 2.23. The second-order valence-corrected chi connectivity index (χ2v) is 5.99. The van der Waals surface area contributed by atoms with Gasteiger partial charge in [-0.25, -0.2) is 4.79 Å². The summed E-state index contributed by atoms with van der Waals surface area (Å²) in [6, 6.07) is 7.74. The van der Waals surface area contributed by atoms with Crippen molar-refractivity contribution in [3.63, 3.8) is 0 Å². The topological polar surface area (TPSA) is 87.1 Å². The summed E-state index contributed by atoms with van der Waals surface area (Å²) in [4.78, 5) is 24.7. The van der Waals surface area contributed by atoms with Crippen LogP contribution in [-0.2, 0) is 9.59 Å². The van der Waals surface area contributed by atoms with E-state index >= 15 is 0 Å². The molecule has 126 valence electrons. The van der Waals surface area contributed by atoms with E-state index in [1.165, 1.54) is 0 Å². The first-order valence-electron chi connectivity index (χ1n) is 7.84. The van der Waals surface area contributed by atoms with E-state index in [4.69, 9.17) is 9.84 Å². The first-order valence-corrected chi connectivity index (χ1v) is 7.84. The van der Waals surface area contributed by atoms with Gasteiger partial charge < -0.3 is 19.8 Å². The van der Waals surface area contributed by atoms with E-state index in [2.05, 4.69) is 0 Å². The number of aryl methyl sites for hydroxylation is 1. The molecule has 1 fully saturated rings. The SMILES string of the molecule is Cc1cccc(OCCCC(=O)N2CCC(O)(C(=O)O)CC2)c1. The summed E-state index contributed by atoms with van der Waals surface area (Å²) in [6.07, 6.45) is 1.12. The largest absolute Gasteiger partial charge is 0.494 e. The molecule has 1 heterocycles. The number of rotatable bonds is 6. The van der Waals surface area contributed by atoms with Crippen LogP contribution in [-0.4, -0.2) is 52.3 Å². The zero-order valence-corrected chi connectivity index (χ0v) is 13.3. The predicted octanol–water partition coefficient (Wildman–Crippen LogP) is 1.59. The summed E-state index contributed by atoms with van der Waals surface area (Å²) < 4.78 is 5.60. The number of amides is 1. The average molecular weight is 321 g/mol. The number of benzene rings is 1. The Morgan fingerprint density at radius 2 is 2.00 bits per heavy atom. The summed E-state index contributed by atoms with van der Waals surface area (Å²) in [5.74, 6) is -0.441. The Morgan fingerprint density at radius 3 is 2.61 bits per heavy atom. The van der Waals surface area contributed by atoms with Crippen molar-refractivity contribution in [2.45, 2.75) is 38.2 Å². The minimum absolute atomic E-state index is 0.0229. The molecule has 0 saturated carbocycles. The highest BCUT2D eigenvalue weighted by atomic mass is 16.5. The van der Waals surface area contributed by atoms with Gasteiger partial charge in [0.05, 0.1) is 6.61 Å². The Hall–Kier alpha value is -2.08. The van der Waals surface area contributed by atoms with Gasteiger partial charge in [-0.15, -0.1) is 0 Å². The molecule has 6 heteroatoms. The lowest BCUT2D eigenvalue weighted by Crippen LogP contribution is -2.50. The van der Waals surface area contributed by atoms with Crippen LogP contribution < -0.4 is 4.74 Å². The molecule has 1 aromatic rings. The highest BCUT2D eigenvalue weighted by molar-refractivity contribution is 5.79. The number of hydrogen-bond acceptors (Lipinski definition) is 4. The monoisotopic (exact) mass is 321 g/mol. The first-order chi connectivity index (χ1) is 10.9. The second-order valence-electron chi connectivity index (χ2n) is 5.99. The molecule has 6 nitrogen and oxygen atoms in total. The van der Waals surface area contributed by atoms with Crippen molar-refractivity contribution in [3.05, 3.63) is 29.8 Å². The Bertz CT molecular complexity index is 564. The van der Waals surface area contributed by atoms with E-state index in [9.17, 15) is 14.7 Å². The fourth-order valence-corrected chi connectivity index (χ4v) is 2.62. The van der Waals surface area contributed by atoms with Crippen LogP contribution in [0.5, 0.6) is 5.75 Å². The minimum atomic E-state index is -1.69. The third-order valence-corrected chi connectivity index (χ3v) is 4.13. The average Bonchev–Trinajstić information content (AvgIpc) is 2.52. The summed E-state index contributed by atoms with van der Waals surface area (Å²) in [5.41, 5.74) is -0.566. The van der Waals surface area contributed by atoms with Crippen LogP contribution in [0, 0.1) is 6.92 Å². The van der Waals surface area contributed by atoms with Crippen LogP contribution >= 0.6 is 0 Å². The normalized spacial score (nSPS) is 16.9. The lowest BCUT2D eigenvalue weighted by Gasteiger charge is -2.35. The van der Waals surface area contributed by atoms with Gasteiger partial charge in [0.2, 0.25) is 5.91 Å². The van der Waals surface area contributed by atoms with Crippen LogP contribution in [0.2, 0.25) is 0 Å². The van der Waals surface area contributed by atoms with Gasteiger partial charge in [-0.1, -0.05) is 12.1 Å². The van der Waals surface area contributed by atoms with Crippen molar-refractivity contribution in [1.29, 1.82) is 0 Å². The molecule has 1 saturated heterocycles. The van der Waals surface area contributed by atoms with Crippen molar-refractivity contribution in [2.24, 2.45) is 0 Å². The molecule has 23 heavy (non-hydrogen) atoms. The van der Waals surface area contributed by atoms with Gasteiger partial charge in [0.15, 0.2) is 5.60 Å². The van der Waals surface area contributed by atoms with Crippen molar-refractivity contribution < 1.29 is 24.5 Å². The fraction of sp³-hybridized carbons (Fsp3) is 0.529. The fourth-order valence-electron chi connectivity index (χ4n) is 2.62. The maximum absolute atomic E-state index is 12.1. The van der Waals surface area contributed by atoms with Crippen LogP contribution in [0.4, 0.5) is 0 Å². The molecule has 1 amide bonds. The summed E-state index contributed by atoms with van der Waals surface area (Å²) in [6.45, 7) is 3.01. The highest BCUT2D eigenvalue weighted by Gasteiger charge is 2.40. The lowest BCUT2D eigenvalue weighted by atomic mass is 9.91. The number of nitrogens with zero attached hydrogens (tertiary/aromatic N) is 1. The number of aliphatic hydroxyl groups is 1. The van der Waals surface area contributed by atoms with Gasteiger partial charge in [-0.2, -0.15) is 0 Å². The zero-order valence-electron chi connectivity index (χ0n) is 13.3. The van der Waals surface area contributed by atoms with Gasteiger partial charge in [0, 0.05) is 32.4 Å². The molecule has 0 unspecified atom stereocenters. The van der Waals surface area contributed by atoms with E-state index in [-0.39, 0.29) is 31.8 Å². The zero-order chi connectivity index (χ0) is 16.9. The van der Waals surface area contributed by atoms with E-state index in [1.54, 1.807) is 4.90 Å². The molecule has 2 rings (SSSR count). The maximum atomic E-state index is 12.1. The van der Waals surface area contributed by atoms with Crippen molar-refractivity contribution in [3.8, 4) is 5.75 Å². The summed E-state index contributed by atoms with van der Waals surface area (Å²) >= 11 is 0. The number of carbonyl (C=O) groups excluding carboxylic acids is 1. The Balaban J connectivity index is 1.69. The van der Waals surface area contributed by atoms with Crippen molar-refractivity contribution in [2.75, 3.05) is 19.7 Å². The number of carbonyl (C=O) groups is 2. The quantitative estimate of drug-likeness (QED) is 0.777. The van der Waals surface area contributed by atoms with Gasteiger partial charge in [0.25, 0.3) is 0 Å². The Morgan fingerprint density at radius 1 is 1.30 bits per heavy atom. The molecule has 0 bridgehead atoms. The molecular weight excluding hydrogens is 298 g/mol. The van der Waals surface area contributed by atoms with Crippen LogP contribution in [0.25, 0.3) is 0 Å².